The van der Waals surface area contributed by atoms with Crippen LogP contribution in [-0.2, 0) is 38.0 Å². The number of ether oxygens (including phenoxy) is 8. The maximum Gasteiger partial charge on any atom is 0.311 e. The molecule has 0 bridgehead atoms. The minimum Gasteiger partial charge on any atom is -0.481 e. The van der Waals surface area contributed by atoms with Gasteiger partial charge in [-0.25, -0.2) is 4.98 Å². The molecule has 372 valence electrons. The Kier molecular flexibility index (Phi) is 17.8. The number of hydrogen-bond acceptors (Lipinski definition) is 17. The third-order valence-corrected chi connectivity index (χ3v) is 14.5. The van der Waals surface area contributed by atoms with Crippen molar-refractivity contribution in [2.75, 3.05) is 40.9 Å². The number of aliphatic hydroxyl groups excluding tert-OH is 1. The number of methoxy groups -OCH3 is 2. The number of aliphatic imine (C=N–C) groups is 1. The molecule has 0 aromatic carbocycles. The molecular weight excluding hydrogens is 843 g/mol. The van der Waals surface area contributed by atoms with Crippen molar-refractivity contribution in [2.45, 2.75) is 198 Å². The zero-order valence-corrected chi connectivity index (χ0v) is 41.3. The van der Waals surface area contributed by atoms with Gasteiger partial charge in [-0.1, -0.05) is 27.7 Å². The average molecular weight is 924 g/mol. The molecule has 18 atom stereocenters. The summed E-state index contributed by atoms with van der Waals surface area (Å²) in [4.78, 5) is 25.6. The molecule has 0 radical (unpaired) electrons. The van der Waals surface area contributed by atoms with E-state index in [2.05, 4.69) is 15.6 Å². The van der Waals surface area contributed by atoms with Crippen molar-refractivity contribution in [2.24, 2.45) is 22.7 Å². The third-order valence-electron chi connectivity index (χ3n) is 14.5. The van der Waals surface area contributed by atoms with Crippen molar-refractivity contribution in [1.29, 1.82) is 0 Å². The Balaban J connectivity index is 1.57. The van der Waals surface area contributed by atoms with Crippen LogP contribution in [0.25, 0.3) is 0 Å². The molecule has 4 aliphatic heterocycles. The molecular formula is C47H81N5O13. The van der Waals surface area contributed by atoms with Crippen LogP contribution in [0.15, 0.2) is 23.3 Å². The second kappa shape index (κ2) is 21.7. The Morgan fingerprint density at radius 3 is 2.32 bits per heavy atom. The number of aliphatic hydroxyl groups is 4. The van der Waals surface area contributed by atoms with Gasteiger partial charge in [0.25, 0.3) is 6.02 Å². The maximum absolute atomic E-state index is 14.6. The van der Waals surface area contributed by atoms with Crippen molar-refractivity contribution >= 4 is 17.7 Å². The van der Waals surface area contributed by atoms with Gasteiger partial charge in [0.15, 0.2) is 18.7 Å². The predicted molar refractivity (Wildman–Crippen MR) is 242 cm³/mol. The molecule has 4 fully saturated rings. The van der Waals surface area contributed by atoms with E-state index in [0.717, 1.165) is 6.42 Å². The molecule has 1 aromatic rings. The average Bonchev–Trinajstić information content (AvgIpc) is 3.57. The fourth-order valence-corrected chi connectivity index (χ4v) is 10.3. The summed E-state index contributed by atoms with van der Waals surface area (Å²) in [7, 11) is 4.99. The molecule has 5 heterocycles. The van der Waals surface area contributed by atoms with Gasteiger partial charge in [-0.15, -0.1) is 0 Å². The highest BCUT2D eigenvalue weighted by Crippen LogP contribution is 2.44. The number of likely N-dealkylation sites (N-methyl/N-ethyl adjacent to an activating group) is 1. The normalized spacial score (nSPS) is 44.1. The number of aromatic nitrogens is 1. The van der Waals surface area contributed by atoms with Crippen LogP contribution in [0.4, 0.5) is 5.69 Å². The van der Waals surface area contributed by atoms with Crippen molar-refractivity contribution in [3.63, 3.8) is 0 Å². The number of hydrogen-bond donors (Lipinski definition) is 6. The summed E-state index contributed by atoms with van der Waals surface area (Å²) in [6, 6.07) is 3.04. The van der Waals surface area contributed by atoms with Crippen molar-refractivity contribution in [3.8, 4) is 5.88 Å². The molecule has 0 aliphatic carbocycles. The van der Waals surface area contributed by atoms with Gasteiger partial charge < -0.3 is 73.9 Å². The number of amidine groups is 1. The van der Waals surface area contributed by atoms with Gasteiger partial charge in [-0.2, -0.15) is 4.99 Å². The fraction of sp³-hybridized carbons (Fsp3) is 0.851. The summed E-state index contributed by atoms with van der Waals surface area (Å²) >= 11 is 0. The molecule has 0 saturated carbocycles. The molecule has 65 heavy (non-hydrogen) atoms. The lowest BCUT2D eigenvalue weighted by Gasteiger charge is -2.53. The lowest BCUT2D eigenvalue weighted by atomic mass is 9.75. The topological polar surface area (TPSA) is 224 Å². The van der Waals surface area contributed by atoms with Crippen LogP contribution < -0.4 is 15.4 Å². The smallest absolute Gasteiger partial charge is 0.311 e. The first-order chi connectivity index (χ1) is 30.5. The van der Waals surface area contributed by atoms with E-state index in [9.17, 15) is 25.2 Å². The molecule has 0 spiro atoms. The van der Waals surface area contributed by atoms with Gasteiger partial charge in [0.05, 0.1) is 61.0 Å². The van der Waals surface area contributed by atoms with Crippen molar-refractivity contribution in [3.05, 3.63) is 18.3 Å². The Labute approximate surface area is 386 Å². The maximum atomic E-state index is 14.6. The Hall–Kier alpha value is -2.75. The Morgan fingerprint density at radius 1 is 1.00 bits per heavy atom. The van der Waals surface area contributed by atoms with Gasteiger partial charge in [0, 0.05) is 45.1 Å². The van der Waals surface area contributed by atoms with Crippen molar-refractivity contribution in [1.82, 2.24) is 20.5 Å². The minimum absolute atomic E-state index is 0.0864. The first-order valence-corrected chi connectivity index (χ1v) is 23.6. The summed E-state index contributed by atoms with van der Waals surface area (Å²) in [6.07, 6.45) is -4.68. The highest BCUT2D eigenvalue weighted by Gasteiger charge is 2.59. The van der Waals surface area contributed by atoms with Crippen LogP contribution in [0.2, 0.25) is 0 Å². The Morgan fingerprint density at radius 2 is 1.71 bits per heavy atom. The standard InChI is InChI=1S/C47H81N5O13/c1-15-19-48-25-47(57)31(8)61-36(22-45(47,10)59-14)63-37-28(5)40(44(9,55)21-26(3)23-49-30(7)39(53)46(11,56)34(16-2)62-41(54)29(37)6)65-42-38-33(20-27(4)60-42)52(12)43(64-38)51-32-17-18-35(58-13)50-24-32/h17-18,24,26-31,33-34,36-40,42,48-49,53,55-57H,15-16,19-23,25H2,1-14H3/b51-43-/t26-,27-,28+,29-,30-,31+,33+,34-,36+,37+,38-,39-,40-,42+,44-,45-,46-,47+/m1/s1. The van der Waals surface area contributed by atoms with Gasteiger partial charge in [-0.3, -0.25) is 4.79 Å². The van der Waals surface area contributed by atoms with E-state index in [1.807, 2.05) is 46.6 Å². The highest BCUT2D eigenvalue weighted by molar-refractivity contribution is 5.79. The lowest BCUT2D eigenvalue weighted by molar-refractivity contribution is -0.335. The van der Waals surface area contributed by atoms with E-state index in [1.54, 1.807) is 67.2 Å². The Bertz CT molecular complexity index is 1720. The molecule has 0 unspecified atom stereocenters. The van der Waals surface area contributed by atoms with Gasteiger partial charge >= 0.3 is 5.97 Å². The van der Waals surface area contributed by atoms with Gasteiger partial charge in [0.2, 0.25) is 5.88 Å². The molecule has 18 heteroatoms. The number of carbonyl (C=O) groups excluding carboxylic acids is 1. The number of nitrogens with zero attached hydrogens (tertiary/aromatic N) is 3. The first-order valence-electron chi connectivity index (χ1n) is 23.6. The summed E-state index contributed by atoms with van der Waals surface area (Å²) in [5, 5.41) is 55.0. The van der Waals surface area contributed by atoms with E-state index in [-0.39, 0.29) is 43.9 Å². The van der Waals surface area contributed by atoms with E-state index >= 15 is 0 Å². The van der Waals surface area contributed by atoms with Gasteiger partial charge in [0.1, 0.15) is 29.0 Å². The van der Waals surface area contributed by atoms with E-state index in [1.165, 1.54) is 6.92 Å². The second-order valence-corrected chi connectivity index (χ2v) is 19.9. The number of carbonyl (C=O) groups is 1. The summed E-state index contributed by atoms with van der Waals surface area (Å²) in [5.41, 5.74) is -5.46. The monoisotopic (exact) mass is 924 g/mol. The molecule has 5 rings (SSSR count). The first kappa shape index (κ1) is 53.2. The van der Waals surface area contributed by atoms with Crippen LogP contribution in [0.5, 0.6) is 5.88 Å². The van der Waals surface area contributed by atoms with Crippen LogP contribution >= 0.6 is 0 Å². The molecule has 18 nitrogen and oxygen atoms in total. The number of rotatable bonds is 12. The van der Waals surface area contributed by atoms with E-state index < -0.39 is 95.5 Å². The van der Waals surface area contributed by atoms with Crippen LogP contribution in [-0.4, -0.2) is 173 Å². The van der Waals surface area contributed by atoms with Crippen LogP contribution in [0.1, 0.15) is 108 Å². The van der Waals surface area contributed by atoms with Crippen LogP contribution in [0.3, 0.4) is 0 Å². The van der Waals surface area contributed by atoms with Crippen LogP contribution in [0, 0.1) is 17.8 Å². The lowest BCUT2D eigenvalue weighted by Crippen LogP contribution is -2.70. The van der Waals surface area contributed by atoms with Crippen molar-refractivity contribution < 1.29 is 63.1 Å². The highest BCUT2D eigenvalue weighted by atomic mass is 16.7. The number of cyclic esters (lactones) is 1. The number of nitrogens with one attached hydrogen (secondary N) is 2. The van der Waals surface area contributed by atoms with E-state index in [0.29, 0.717) is 37.1 Å². The fourth-order valence-electron chi connectivity index (χ4n) is 10.3. The van der Waals surface area contributed by atoms with Gasteiger partial charge in [-0.05, 0) is 99.2 Å². The number of esters is 1. The molecule has 1 aromatic heterocycles. The predicted octanol–water partition coefficient (Wildman–Crippen LogP) is 3.43. The number of fused-ring (bicyclic) bond motifs is 1. The zero-order chi connectivity index (χ0) is 48.2. The minimum atomic E-state index is -1.83. The summed E-state index contributed by atoms with van der Waals surface area (Å²) in [6.45, 7) is 21.1. The number of pyridine rings is 1. The molecule has 0 amide bonds. The molecule has 6 N–H and O–H groups in total. The SMILES string of the molecule is CCCNC[C@]1(O)[C@H](C)O[C@@H](O[C@H]2[C@H](C)[C@@H](O[C@@H]3O[C@H](C)C[C@H]4[C@H]3O/C(=N\c3ccc(OC)nc3)N4C)[C@](C)(O)C[C@@H](C)CN[C@H](C)[C@@H](O)[C@](C)(O)[C@@H](CC)OC(=O)[C@@H]2C)C[C@@]1(C)OC. The quantitative estimate of drug-likeness (QED) is 0.131. The molecule has 4 saturated heterocycles. The molecule has 4 aliphatic rings. The summed E-state index contributed by atoms with van der Waals surface area (Å²) in [5.74, 6) is -2.25. The zero-order valence-electron chi connectivity index (χ0n) is 41.3. The largest absolute Gasteiger partial charge is 0.481 e. The second-order valence-electron chi connectivity index (χ2n) is 19.9. The van der Waals surface area contributed by atoms with E-state index in [4.69, 9.17) is 42.9 Å². The third kappa shape index (κ3) is 11.6. The summed E-state index contributed by atoms with van der Waals surface area (Å²) < 4.78 is 51.1.